The fourth-order valence-electron chi connectivity index (χ4n) is 2.98. The van der Waals surface area contributed by atoms with Crippen LogP contribution in [0.2, 0.25) is 5.02 Å². The number of esters is 1. The molecule has 0 aliphatic carbocycles. The van der Waals surface area contributed by atoms with Gasteiger partial charge in [0.15, 0.2) is 6.61 Å². The van der Waals surface area contributed by atoms with Crippen molar-refractivity contribution >= 4 is 23.5 Å². The zero-order valence-corrected chi connectivity index (χ0v) is 17.2. The van der Waals surface area contributed by atoms with Crippen molar-refractivity contribution in [3.8, 4) is 6.07 Å². The highest BCUT2D eigenvalue weighted by atomic mass is 35.5. The van der Waals surface area contributed by atoms with Crippen molar-refractivity contribution in [2.24, 2.45) is 0 Å². The number of halogens is 1. The minimum absolute atomic E-state index is 0.0264. The highest BCUT2D eigenvalue weighted by Crippen LogP contribution is 2.16. The van der Waals surface area contributed by atoms with Crippen LogP contribution < -0.4 is 10.9 Å². The number of nitrogens with one attached hydrogen (secondary N) is 2. The molecule has 0 aliphatic heterocycles. The molecule has 0 spiro atoms. The van der Waals surface area contributed by atoms with Gasteiger partial charge in [0.1, 0.15) is 11.6 Å². The molecule has 7 nitrogen and oxygen atoms in total. The number of ether oxygens (including phenoxy) is 1. The van der Waals surface area contributed by atoms with Gasteiger partial charge in [-0.15, -0.1) is 0 Å². The molecule has 0 radical (unpaired) electrons. The van der Waals surface area contributed by atoms with E-state index in [2.05, 4.69) is 10.3 Å². The van der Waals surface area contributed by atoms with Crippen LogP contribution >= 0.6 is 11.6 Å². The molecule has 1 heterocycles. The van der Waals surface area contributed by atoms with Crippen molar-refractivity contribution in [3.63, 3.8) is 0 Å². The Labute approximate surface area is 173 Å². The Balaban J connectivity index is 1.86. The highest BCUT2D eigenvalue weighted by molar-refractivity contribution is 6.30. The number of carbonyl (C=O) groups excluding carboxylic acids is 2. The fraction of sp³-hybridized carbons (Fsp3) is 0.333. The summed E-state index contributed by atoms with van der Waals surface area (Å²) in [6, 6.07) is 8.70. The Morgan fingerprint density at radius 2 is 1.93 bits per heavy atom. The normalized spacial score (nSPS) is 11.4. The molecule has 0 unspecified atom stereocenters. The van der Waals surface area contributed by atoms with Gasteiger partial charge < -0.3 is 15.0 Å². The van der Waals surface area contributed by atoms with Crippen molar-refractivity contribution in [2.45, 2.75) is 39.7 Å². The third-order valence-corrected chi connectivity index (χ3v) is 4.86. The summed E-state index contributed by atoms with van der Waals surface area (Å²) in [5.41, 5.74) is 2.35. The molecular formula is C21H22ClN3O4. The topological polar surface area (TPSA) is 112 Å². The van der Waals surface area contributed by atoms with Crippen molar-refractivity contribution in [2.75, 3.05) is 6.61 Å². The van der Waals surface area contributed by atoms with E-state index < -0.39 is 17.4 Å². The van der Waals surface area contributed by atoms with Crippen LogP contribution in [0.5, 0.6) is 0 Å². The lowest BCUT2D eigenvalue weighted by Crippen LogP contribution is -2.31. The predicted molar refractivity (Wildman–Crippen MR) is 109 cm³/mol. The summed E-state index contributed by atoms with van der Waals surface area (Å²) in [5, 5.41) is 12.4. The summed E-state index contributed by atoms with van der Waals surface area (Å²) >= 11 is 5.85. The number of carbonyl (C=O) groups is 2. The van der Waals surface area contributed by atoms with E-state index in [1.54, 1.807) is 26.0 Å². The minimum Gasteiger partial charge on any atom is -0.456 e. The number of benzene rings is 1. The molecule has 0 fully saturated rings. The number of nitriles is 1. The largest absolute Gasteiger partial charge is 0.456 e. The van der Waals surface area contributed by atoms with Crippen LogP contribution in [0.15, 0.2) is 29.1 Å². The number of hydrogen-bond donors (Lipinski definition) is 2. The van der Waals surface area contributed by atoms with E-state index in [1.807, 2.05) is 25.1 Å². The van der Waals surface area contributed by atoms with Gasteiger partial charge in [-0.25, -0.2) is 0 Å². The number of aromatic nitrogens is 1. The van der Waals surface area contributed by atoms with Crippen LogP contribution in [-0.4, -0.2) is 23.5 Å². The summed E-state index contributed by atoms with van der Waals surface area (Å²) in [6.45, 7) is 4.82. The summed E-state index contributed by atoms with van der Waals surface area (Å²) in [7, 11) is 0. The Morgan fingerprint density at radius 3 is 2.55 bits per heavy atom. The molecule has 2 N–H and O–H groups in total. The third-order valence-electron chi connectivity index (χ3n) is 4.61. The number of pyridine rings is 1. The molecule has 2 rings (SSSR count). The first-order valence-corrected chi connectivity index (χ1v) is 9.43. The second kappa shape index (κ2) is 9.89. The van der Waals surface area contributed by atoms with Crippen LogP contribution in [0.25, 0.3) is 0 Å². The Bertz CT molecular complexity index is 1010. The van der Waals surface area contributed by atoms with Gasteiger partial charge in [-0.1, -0.05) is 23.7 Å². The van der Waals surface area contributed by atoms with Crippen LogP contribution in [0.3, 0.4) is 0 Å². The minimum atomic E-state index is -0.539. The molecule has 0 aliphatic rings. The number of aryl methyl sites for hydroxylation is 1. The summed E-state index contributed by atoms with van der Waals surface area (Å²) < 4.78 is 5.03. The molecule has 2 aromatic rings. The molecule has 1 atom stereocenters. The molecule has 8 heteroatoms. The van der Waals surface area contributed by atoms with Gasteiger partial charge in [-0.2, -0.15) is 5.26 Å². The van der Waals surface area contributed by atoms with Gasteiger partial charge in [0.05, 0.1) is 6.04 Å². The standard InChI is InChI=1S/C21H22ClN3O4/c1-12-17(14(3)25-21(28)18(12)10-23)8-9-20(27)29-11-19(26)24-13(2)15-4-6-16(22)7-5-15/h4-7,13H,8-9,11H2,1-3H3,(H,24,26)(H,25,28)/t13-/m0/s1. The highest BCUT2D eigenvalue weighted by Gasteiger charge is 2.15. The summed E-state index contributed by atoms with van der Waals surface area (Å²) in [5.74, 6) is -0.952. The number of rotatable bonds is 7. The number of nitrogens with zero attached hydrogens (tertiary/aromatic N) is 1. The van der Waals surface area contributed by atoms with E-state index in [1.165, 1.54) is 0 Å². The molecule has 0 saturated carbocycles. The van der Waals surface area contributed by atoms with Crippen molar-refractivity contribution in [3.05, 3.63) is 67.6 Å². The molecule has 152 valence electrons. The molecule has 29 heavy (non-hydrogen) atoms. The van der Waals surface area contributed by atoms with Gasteiger partial charge in [-0.3, -0.25) is 14.4 Å². The molecule has 0 bridgehead atoms. The number of H-pyrrole nitrogens is 1. The molecule has 1 aromatic carbocycles. The zero-order chi connectivity index (χ0) is 21.6. The van der Waals surface area contributed by atoms with E-state index in [0.29, 0.717) is 22.7 Å². The predicted octanol–water partition coefficient (Wildman–Crippen LogP) is 2.87. The summed E-state index contributed by atoms with van der Waals surface area (Å²) in [6.07, 6.45) is 0.323. The Morgan fingerprint density at radius 1 is 1.28 bits per heavy atom. The third kappa shape index (κ3) is 5.93. The number of hydrogen-bond acceptors (Lipinski definition) is 5. The molecule has 0 saturated heterocycles. The van der Waals surface area contributed by atoms with Crippen molar-refractivity contribution in [1.82, 2.24) is 10.3 Å². The van der Waals surface area contributed by atoms with Crippen LogP contribution in [0.4, 0.5) is 0 Å². The first-order chi connectivity index (χ1) is 13.7. The van der Waals surface area contributed by atoms with Crippen LogP contribution in [-0.2, 0) is 20.7 Å². The van der Waals surface area contributed by atoms with Crippen molar-refractivity contribution < 1.29 is 14.3 Å². The first-order valence-electron chi connectivity index (χ1n) is 9.05. The van der Waals surface area contributed by atoms with Crippen molar-refractivity contribution in [1.29, 1.82) is 5.26 Å². The van der Waals surface area contributed by atoms with E-state index in [9.17, 15) is 14.4 Å². The van der Waals surface area contributed by atoms with Crippen LogP contribution in [0, 0.1) is 25.2 Å². The van der Waals surface area contributed by atoms with Gasteiger partial charge in [0.2, 0.25) is 0 Å². The maximum Gasteiger partial charge on any atom is 0.306 e. The maximum absolute atomic E-state index is 12.0. The Hall–Kier alpha value is -3.11. The second-order valence-electron chi connectivity index (χ2n) is 6.67. The monoisotopic (exact) mass is 415 g/mol. The second-order valence-corrected chi connectivity index (χ2v) is 7.11. The van der Waals surface area contributed by atoms with Gasteiger partial charge >= 0.3 is 5.97 Å². The lowest BCUT2D eigenvalue weighted by Gasteiger charge is -2.15. The van der Waals surface area contributed by atoms with E-state index in [0.717, 1.165) is 11.1 Å². The quantitative estimate of drug-likeness (QED) is 0.675. The molecular weight excluding hydrogens is 394 g/mol. The number of aromatic amines is 1. The van der Waals surface area contributed by atoms with E-state index in [4.69, 9.17) is 21.6 Å². The zero-order valence-electron chi connectivity index (χ0n) is 16.5. The summed E-state index contributed by atoms with van der Waals surface area (Å²) in [4.78, 5) is 38.4. The molecule has 1 aromatic heterocycles. The van der Waals surface area contributed by atoms with E-state index >= 15 is 0 Å². The van der Waals surface area contributed by atoms with Gasteiger partial charge in [-0.05, 0) is 56.0 Å². The van der Waals surface area contributed by atoms with Crippen LogP contribution in [0.1, 0.15) is 47.3 Å². The lowest BCUT2D eigenvalue weighted by molar-refractivity contribution is -0.148. The average molecular weight is 416 g/mol. The molecule has 1 amide bonds. The SMILES string of the molecule is Cc1[nH]c(=O)c(C#N)c(C)c1CCC(=O)OCC(=O)N[C@@H](C)c1ccc(Cl)cc1. The fourth-order valence-corrected chi connectivity index (χ4v) is 3.11. The first kappa shape index (κ1) is 22.2. The average Bonchev–Trinajstić information content (AvgIpc) is 2.66. The maximum atomic E-state index is 12.0. The number of amides is 1. The smallest absolute Gasteiger partial charge is 0.306 e. The Kier molecular flexibility index (Phi) is 7.57. The lowest BCUT2D eigenvalue weighted by atomic mass is 9.99. The van der Waals surface area contributed by atoms with Gasteiger partial charge in [0.25, 0.3) is 11.5 Å². The van der Waals surface area contributed by atoms with E-state index in [-0.39, 0.29) is 24.6 Å². The van der Waals surface area contributed by atoms with Gasteiger partial charge in [0, 0.05) is 17.1 Å².